The lowest BCUT2D eigenvalue weighted by Gasteiger charge is -2.32. The number of aromatic nitrogens is 2. The zero-order chi connectivity index (χ0) is 14.4. The second-order valence-corrected chi connectivity index (χ2v) is 8.54. The number of hydrogen-bond donors (Lipinski definition) is 0. The summed E-state index contributed by atoms with van der Waals surface area (Å²) in [4.78, 5) is 2.71. The highest BCUT2D eigenvalue weighted by Gasteiger charge is 2.93. The van der Waals surface area contributed by atoms with Gasteiger partial charge in [-0.2, -0.15) is 5.10 Å². The first-order valence-corrected chi connectivity index (χ1v) is 9.31. The van der Waals surface area contributed by atoms with Gasteiger partial charge < -0.3 is 4.74 Å². The fourth-order valence-electron chi connectivity index (χ4n) is 5.56. The van der Waals surface area contributed by atoms with Crippen LogP contribution in [-0.4, -0.2) is 47.0 Å². The van der Waals surface area contributed by atoms with Crippen LogP contribution in [0.15, 0.2) is 6.07 Å². The molecule has 6 rings (SSSR count). The summed E-state index contributed by atoms with van der Waals surface area (Å²) in [5, 5.41) is 4.75. The molecule has 4 nitrogen and oxygen atoms in total. The molecule has 1 aromatic rings. The number of fused-ring (bicyclic) bond motifs is 1. The average Bonchev–Trinajstić information content (AvgIpc) is 3.07. The molecule has 5 aliphatic rings. The Kier molecular flexibility index (Phi) is 2.68. The minimum absolute atomic E-state index is 0.473. The van der Waals surface area contributed by atoms with Gasteiger partial charge in [0.05, 0.1) is 13.2 Å². The van der Waals surface area contributed by atoms with E-state index in [9.17, 15) is 0 Å². The minimum Gasteiger partial charge on any atom is -0.379 e. The lowest BCUT2D eigenvalue weighted by atomic mass is 10.0. The van der Waals surface area contributed by atoms with E-state index in [0.717, 1.165) is 53.8 Å². The van der Waals surface area contributed by atoms with Gasteiger partial charge in [-0.05, 0) is 66.7 Å². The Morgan fingerprint density at radius 2 is 2.10 bits per heavy atom. The Balaban J connectivity index is 1.44. The number of halogens is 1. The molecular formula is C16H22IN3O. The van der Waals surface area contributed by atoms with Gasteiger partial charge in [0.15, 0.2) is 0 Å². The van der Waals surface area contributed by atoms with Crippen molar-refractivity contribution < 1.29 is 4.74 Å². The van der Waals surface area contributed by atoms with Crippen LogP contribution < -0.4 is 0 Å². The molecule has 5 atom stereocenters. The van der Waals surface area contributed by atoms with Crippen LogP contribution in [-0.2, 0) is 10.2 Å². The fraction of sp³-hybridized carbons (Fsp3) is 0.812. The molecule has 1 unspecified atom stereocenters. The van der Waals surface area contributed by atoms with Crippen molar-refractivity contribution in [1.82, 2.24) is 14.7 Å². The molecular weight excluding hydrogens is 377 g/mol. The lowest BCUT2D eigenvalue weighted by Crippen LogP contribution is -2.43. The van der Waals surface area contributed by atoms with Crippen molar-refractivity contribution in [1.29, 1.82) is 0 Å². The van der Waals surface area contributed by atoms with Gasteiger partial charge in [0.1, 0.15) is 3.70 Å². The first-order valence-electron chi connectivity index (χ1n) is 8.23. The van der Waals surface area contributed by atoms with Gasteiger partial charge in [0, 0.05) is 36.3 Å². The molecule has 2 bridgehead atoms. The second-order valence-electron chi connectivity index (χ2n) is 7.43. The van der Waals surface area contributed by atoms with E-state index < -0.39 is 0 Å². The Labute approximate surface area is 139 Å². The van der Waals surface area contributed by atoms with Crippen molar-refractivity contribution in [3.8, 4) is 0 Å². The summed E-state index contributed by atoms with van der Waals surface area (Å²) < 4.78 is 8.98. The minimum atomic E-state index is 0.473. The van der Waals surface area contributed by atoms with Crippen LogP contribution in [0, 0.1) is 21.5 Å². The first kappa shape index (κ1) is 13.3. The second kappa shape index (κ2) is 4.23. The molecule has 5 heteroatoms. The third-order valence-electron chi connectivity index (χ3n) is 6.38. The molecule has 0 spiro atoms. The van der Waals surface area contributed by atoms with Crippen LogP contribution in [0.3, 0.4) is 0 Å². The molecule has 1 aliphatic heterocycles. The Bertz CT molecular complexity index is 588. The van der Waals surface area contributed by atoms with Crippen molar-refractivity contribution in [2.24, 2.45) is 17.8 Å². The highest BCUT2D eigenvalue weighted by molar-refractivity contribution is 14.1. The maximum Gasteiger partial charge on any atom is 0.123 e. The van der Waals surface area contributed by atoms with E-state index in [4.69, 9.17) is 9.84 Å². The Hall–Kier alpha value is -0.140. The summed E-state index contributed by atoms with van der Waals surface area (Å²) in [5.74, 6) is 2.82. The molecule has 2 heterocycles. The molecule has 21 heavy (non-hydrogen) atoms. The number of nitrogens with zero attached hydrogens (tertiary/aromatic N) is 3. The summed E-state index contributed by atoms with van der Waals surface area (Å²) in [6, 6.07) is 3.65. The summed E-state index contributed by atoms with van der Waals surface area (Å²) in [6.45, 7) is 8.63. The molecule has 0 amide bonds. The average molecular weight is 399 g/mol. The van der Waals surface area contributed by atoms with E-state index in [-0.39, 0.29) is 0 Å². The topological polar surface area (TPSA) is 30.3 Å². The molecule has 4 aliphatic carbocycles. The summed E-state index contributed by atoms with van der Waals surface area (Å²) in [6.07, 6.45) is 1.41. The number of morpholine rings is 1. The molecule has 1 saturated heterocycles. The van der Waals surface area contributed by atoms with Gasteiger partial charge in [0.2, 0.25) is 0 Å². The van der Waals surface area contributed by atoms with E-state index in [0.29, 0.717) is 11.5 Å². The van der Waals surface area contributed by atoms with Crippen molar-refractivity contribution in [2.45, 2.75) is 37.8 Å². The molecule has 1 aromatic heterocycles. The van der Waals surface area contributed by atoms with E-state index in [1.807, 2.05) is 0 Å². The molecule has 4 saturated carbocycles. The first-order chi connectivity index (χ1) is 10.2. The van der Waals surface area contributed by atoms with Crippen LogP contribution in [0.4, 0.5) is 0 Å². The van der Waals surface area contributed by atoms with Crippen LogP contribution in [0.1, 0.15) is 32.0 Å². The molecule has 114 valence electrons. The van der Waals surface area contributed by atoms with Crippen LogP contribution >= 0.6 is 22.6 Å². The lowest BCUT2D eigenvalue weighted by molar-refractivity contribution is 0.0150. The van der Waals surface area contributed by atoms with Crippen molar-refractivity contribution >= 4 is 22.6 Å². The normalized spacial score (nSPS) is 44.2. The van der Waals surface area contributed by atoms with Crippen molar-refractivity contribution in [3.63, 3.8) is 0 Å². The summed E-state index contributed by atoms with van der Waals surface area (Å²) >= 11 is 2.37. The van der Waals surface area contributed by atoms with E-state index in [1.165, 1.54) is 12.1 Å². The number of hydrogen-bond acceptors (Lipinski definition) is 3. The molecule has 0 aromatic carbocycles. The van der Waals surface area contributed by atoms with Gasteiger partial charge >= 0.3 is 0 Å². The van der Waals surface area contributed by atoms with Crippen molar-refractivity contribution in [2.75, 3.05) is 26.3 Å². The standard InChI is InChI=1S/C16H22IN3O/c1-9(2)20-12(8-13(17)18-20)16-10-7-11(15(16)14(10)16)19-3-5-21-6-4-19/h8-11,14-15H,3-7H2,1-2H3/t10-,11+,14-,15?,16-/m1/s1. The third-order valence-corrected chi connectivity index (χ3v) is 6.91. The van der Waals surface area contributed by atoms with Gasteiger partial charge in [-0.15, -0.1) is 0 Å². The molecule has 0 radical (unpaired) electrons. The highest BCUT2D eigenvalue weighted by atomic mass is 127. The fourth-order valence-corrected chi connectivity index (χ4v) is 6.09. The largest absolute Gasteiger partial charge is 0.379 e. The van der Waals surface area contributed by atoms with Crippen LogP contribution in [0.5, 0.6) is 0 Å². The highest BCUT2D eigenvalue weighted by Crippen LogP contribution is 2.91. The van der Waals surface area contributed by atoms with Crippen molar-refractivity contribution in [3.05, 3.63) is 15.5 Å². The Morgan fingerprint density at radius 1 is 1.33 bits per heavy atom. The maximum atomic E-state index is 5.52. The quantitative estimate of drug-likeness (QED) is 0.731. The molecule has 5 fully saturated rings. The third kappa shape index (κ3) is 1.55. The zero-order valence-electron chi connectivity index (χ0n) is 12.6. The number of rotatable bonds is 3. The van der Waals surface area contributed by atoms with E-state index >= 15 is 0 Å². The van der Waals surface area contributed by atoms with Gasteiger partial charge in [-0.3, -0.25) is 9.58 Å². The smallest absolute Gasteiger partial charge is 0.123 e. The van der Waals surface area contributed by atoms with E-state index in [2.05, 4.69) is 52.1 Å². The van der Waals surface area contributed by atoms with Gasteiger partial charge in [-0.25, -0.2) is 0 Å². The van der Waals surface area contributed by atoms with E-state index in [1.54, 1.807) is 0 Å². The predicted octanol–water partition coefficient (Wildman–Crippen LogP) is 2.29. The zero-order valence-corrected chi connectivity index (χ0v) is 14.8. The summed E-state index contributed by atoms with van der Waals surface area (Å²) in [7, 11) is 0. The van der Waals surface area contributed by atoms with Crippen LogP contribution in [0.25, 0.3) is 0 Å². The van der Waals surface area contributed by atoms with Gasteiger partial charge in [0.25, 0.3) is 0 Å². The SMILES string of the molecule is CC(C)n1nc(I)cc1[C@]12C3[C@@H](N4CCOCC4)C[C@@H]1[C@H]32. The predicted molar refractivity (Wildman–Crippen MR) is 88.3 cm³/mol. The monoisotopic (exact) mass is 399 g/mol. The Morgan fingerprint density at radius 3 is 2.76 bits per heavy atom. The summed E-state index contributed by atoms with van der Waals surface area (Å²) in [5.41, 5.74) is 2.06. The maximum absolute atomic E-state index is 5.52. The van der Waals surface area contributed by atoms with Crippen LogP contribution in [0.2, 0.25) is 0 Å². The number of ether oxygens (including phenoxy) is 1. The van der Waals surface area contributed by atoms with Gasteiger partial charge in [-0.1, -0.05) is 0 Å². The molecule has 0 N–H and O–H groups in total.